The second kappa shape index (κ2) is 8.03. The van der Waals surface area contributed by atoms with Crippen molar-refractivity contribution >= 4 is 23.2 Å². The predicted octanol–water partition coefficient (Wildman–Crippen LogP) is 1.83. The highest BCUT2D eigenvalue weighted by Crippen LogP contribution is 2.29. The van der Waals surface area contributed by atoms with Gasteiger partial charge < -0.3 is 0 Å². The molecule has 29 heavy (non-hydrogen) atoms. The average Bonchev–Trinajstić information content (AvgIpc) is 2.65. The van der Waals surface area contributed by atoms with Gasteiger partial charge >= 0.3 is 5.69 Å². The molecule has 0 aliphatic carbocycles. The van der Waals surface area contributed by atoms with Crippen LogP contribution in [-0.2, 0) is 6.42 Å². The Labute approximate surface area is 173 Å². The normalized spacial score (nSPS) is 10.9. The van der Waals surface area contributed by atoms with E-state index in [0.717, 1.165) is 4.68 Å². The summed E-state index contributed by atoms with van der Waals surface area (Å²) in [7, 11) is 0. The van der Waals surface area contributed by atoms with Crippen molar-refractivity contribution in [3.63, 3.8) is 0 Å². The summed E-state index contributed by atoms with van der Waals surface area (Å²) in [6.07, 6.45) is 0.252. The number of rotatable bonds is 4. The Hall–Kier alpha value is -3.22. The summed E-state index contributed by atoms with van der Waals surface area (Å²) in [4.78, 5) is 37.4. The van der Waals surface area contributed by atoms with Crippen molar-refractivity contribution in [1.29, 1.82) is 5.26 Å². The van der Waals surface area contributed by atoms with E-state index in [0.29, 0.717) is 11.3 Å². The average molecular weight is 433 g/mol. The van der Waals surface area contributed by atoms with E-state index in [2.05, 4.69) is 10.2 Å². The van der Waals surface area contributed by atoms with Crippen LogP contribution in [0, 0.1) is 11.3 Å². The molecule has 3 aromatic rings. The highest BCUT2D eigenvalue weighted by Gasteiger charge is 2.15. The molecule has 0 spiro atoms. The minimum atomic E-state index is -0.881. The Kier molecular flexibility index (Phi) is 5.68. The van der Waals surface area contributed by atoms with Crippen molar-refractivity contribution in [2.45, 2.75) is 26.3 Å². The zero-order valence-electron chi connectivity index (χ0n) is 15.3. The van der Waals surface area contributed by atoms with Crippen LogP contribution in [0.3, 0.4) is 0 Å². The molecule has 11 heteroatoms. The second-order valence-electron chi connectivity index (χ2n) is 6.40. The minimum absolute atomic E-state index is 0.108. The highest BCUT2D eigenvalue weighted by molar-refractivity contribution is 6.36. The minimum Gasteiger partial charge on any atom is -0.270 e. The quantitative estimate of drug-likeness (QED) is 0.669. The van der Waals surface area contributed by atoms with Gasteiger partial charge in [0.25, 0.3) is 11.1 Å². The monoisotopic (exact) mass is 432 g/mol. The standard InChI is InChI=1S/C18H14Cl2N6O3/c1-9(2)25-16(27)4-3-10(23-25)5-12-13(19)6-11(7-14(12)20)26-18(29)22-17(28)15(8-21)24-26/h3-4,6-7,9H,5H2,1-2H3,(H,22,28,29). The lowest BCUT2D eigenvalue weighted by Crippen LogP contribution is -2.33. The zero-order chi connectivity index (χ0) is 21.3. The summed E-state index contributed by atoms with van der Waals surface area (Å²) in [5, 5.41) is 17.5. The third-order valence-electron chi connectivity index (χ3n) is 4.03. The maximum Gasteiger partial charge on any atom is 0.349 e. The number of benzene rings is 1. The third-order valence-corrected chi connectivity index (χ3v) is 4.71. The number of halogens is 2. The van der Waals surface area contributed by atoms with Gasteiger partial charge in [-0.25, -0.2) is 9.48 Å². The maximum absolute atomic E-state index is 12.0. The Balaban J connectivity index is 2.05. The van der Waals surface area contributed by atoms with Crippen LogP contribution < -0.4 is 16.8 Å². The smallest absolute Gasteiger partial charge is 0.270 e. The first-order valence-electron chi connectivity index (χ1n) is 8.42. The molecule has 1 N–H and O–H groups in total. The molecule has 0 amide bonds. The van der Waals surface area contributed by atoms with Gasteiger partial charge in [-0.2, -0.15) is 15.0 Å². The number of nitrogens with one attached hydrogen (secondary N) is 1. The van der Waals surface area contributed by atoms with Crippen molar-refractivity contribution in [2.75, 3.05) is 0 Å². The lowest BCUT2D eigenvalue weighted by Gasteiger charge is -2.13. The molecular weight excluding hydrogens is 419 g/mol. The van der Waals surface area contributed by atoms with E-state index in [4.69, 9.17) is 28.5 Å². The topological polar surface area (TPSA) is 126 Å². The van der Waals surface area contributed by atoms with E-state index >= 15 is 0 Å². The van der Waals surface area contributed by atoms with Crippen molar-refractivity contribution in [3.05, 3.63) is 82.5 Å². The first-order valence-corrected chi connectivity index (χ1v) is 9.17. The van der Waals surface area contributed by atoms with Crippen molar-refractivity contribution in [3.8, 4) is 11.8 Å². The van der Waals surface area contributed by atoms with E-state index in [-0.39, 0.29) is 33.8 Å². The molecule has 1 aromatic carbocycles. The summed E-state index contributed by atoms with van der Waals surface area (Å²) in [5.41, 5.74) is -1.10. The Morgan fingerprint density at radius 3 is 2.38 bits per heavy atom. The van der Waals surface area contributed by atoms with Gasteiger partial charge in [0.05, 0.1) is 17.4 Å². The molecule has 0 aliphatic heterocycles. The molecule has 2 aromatic heterocycles. The SMILES string of the molecule is CC(C)n1nc(Cc2c(Cl)cc(-n3nc(C#N)c(=O)[nH]c3=O)cc2Cl)ccc1=O. The van der Waals surface area contributed by atoms with Gasteiger partial charge in [-0.3, -0.25) is 14.6 Å². The van der Waals surface area contributed by atoms with Crippen LogP contribution in [0.25, 0.3) is 5.69 Å². The molecular formula is C18H14Cl2N6O3. The molecule has 0 bridgehead atoms. The van der Waals surface area contributed by atoms with Crippen LogP contribution in [0.5, 0.6) is 0 Å². The molecule has 0 unspecified atom stereocenters. The fourth-order valence-corrected chi connectivity index (χ4v) is 3.25. The fourth-order valence-electron chi connectivity index (χ4n) is 2.64. The van der Waals surface area contributed by atoms with Crippen LogP contribution in [0.4, 0.5) is 0 Å². The molecule has 0 fully saturated rings. The Bertz CT molecular complexity index is 1290. The highest BCUT2D eigenvalue weighted by atomic mass is 35.5. The van der Waals surface area contributed by atoms with Crippen molar-refractivity contribution in [1.82, 2.24) is 24.5 Å². The van der Waals surface area contributed by atoms with E-state index in [1.54, 1.807) is 12.1 Å². The number of nitrogens with zero attached hydrogens (tertiary/aromatic N) is 5. The summed E-state index contributed by atoms with van der Waals surface area (Å²) < 4.78 is 2.19. The molecule has 2 heterocycles. The van der Waals surface area contributed by atoms with Gasteiger partial charge in [0.2, 0.25) is 5.69 Å². The molecule has 0 aliphatic rings. The van der Waals surface area contributed by atoms with Gasteiger partial charge in [-0.15, -0.1) is 5.10 Å². The number of H-pyrrole nitrogens is 1. The van der Waals surface area contributed by atoms with Crippen LogP contribution in [0.2, 0.25) is 10.0 Å². The zero-order valence-corrected chi connectivity index (χ0v) is 16.8. The molecule has 0 radical (unpaired) electrons. The van der Waals surface area contributed by atoms with Crippen LogP contribution in [0.1, 0.15) is 36.8 Å². The molecule has 0 atom stereocenters. The summed E-state index contributed by atoms with van der Waals surface area (Å²) in [6.45, 7) is 3.69. The molecule has 3 rings (SSSR count). The van der Waals surface area contributed by atoms with E-state index < -0.39 is 16.9 Å². The van der Waals surface area contributed by atoms with Crippen molar-refractivity contribution in [2.24, 2.45) is 0 Å². The fraction of sp³-hybridized carbons (Fsp3) is 0.222. The number of aromatic nitrogens is 5. The first kappa shape index (κ1) is 20.5. The molecule has 9 nitrogen and oxygen atoms in total. The van der Waals surface area contributed by atoms with Crippen LogP contribution >= 0.6 is 23.2 Å². The number of nitriles is 1. The van der Waals surface area contributed by atoms with E-state index in [1.165, 1.54) is 22.9 Å². The van der Waals surface area contributed by atoms with Gasteiger partial charge in [0.1, 0.15) is 6.07 Å². The Morgan fingerprint density at radius 2 is 1.79 bits per heavy atom. The third kappa shape index (κ3) is 4.13. The number of aromatic amines is 1. The lowest BCUT2D eigenvalue weighted by molar-refractivity contribution is 0.495. The molecule has 0 saturated carbocycles. The van der Waals surface area contributed by atoms with E-state index in [1.807, 2.05) is 18.8 Å². The second-order valence-corrected chi connectivity index (χ2v) is 7.21. The van der Waals surface area contributed by atoms with E-state index in [9.17, 15) is 14.4 Å². The number of hydrogen-bond acceptors (Lipinski definition) is 6. The van der Waals surface area contributed by atoms with Gasteiger partial charge in [-0.1, -0.05) is 23.2 Å². The van der Waals surface area contributed by atoms with Crippen LogP contribution in [0.15, 0.2) is 38.6 Å². The van der Waals surface area contributed by atoms with Crippen LogP contribution in [-0.4, -0.2) is 24.5 Å². The van der Waals surface area contributed by atoms with Gasteiger partial charge in [0.15, 0.2) is 0 Å². The van der Waals surface area contributed by atoms with Gasteiger partial charge in [-0.05, 0) is 37.6 Å². The summed E-state index contributed by atoms with van der Waals surface area (Å²) in [6, 6.07) is 7.39. The molecule has 148 valence electrons. The maximum atomic E-state index is 12.0. The summed E-state index contributed by atoms with van der Waals surface area (Å²) >= 11 is 12.7. The summed E-state index contributed by atoms with van der Waals surface area (Å²) in [5.74, 6) is 0. The Morgan fingerprint density at radius 1 is 1.14 bits per heavy atom. The molecule has 0 saturated heterocycles. The first-order chi connectivity index (χ1) is 13.7. The van der Waals surface area contributed by atoms with Gasteiger partial charge in [0, 0.05) is 22.5 Å². The largest absolute Gasteiger partial charge is 0.349 e. The van der Waals surface area contributed by atoms with Crippen molar-refractivity contribution < 1.29 is 0 Å². The number of hydrogen-bond donors (Lipinski definition) is 1. The lowest BCUT2D eigenvalue weighted by atomic mass is 10.1. The predicted molar refractivity (Wildman–Crippen MR) is 107 cm³/mol.